The highest BCUT2D eigenvalue weighted by atomic mass is 15.2. The van der Waals surface area contributed by atoms with Gasteiger partial charge in [-0.1, -0.05) is 33.1 Å². The molecule has 0 saturated heterocycles. The van der Waals surface area contributed by atoms with Gasteiger partial charge < -0.3 is 9.88 Å². The molecular weight excluding hydrogens is 210 g/mol. The number of anilines is 1. The maximum Gasteiger partial charge on any atom is 0.203 e. The predicted molar refractivity (Wildman–Crippen MR) is 72.2 cm³/mol. The van der Waals surface area contributed by atoms with Crippen LogP contribution in [0.25, 0.3) is 0 Å². The number of nitrogens with zero attached hydrogens (tertiary/aromatic N) is 2. The molecule has 0 spiro atoms. The normalized spacial score (nSPS) is 19.5. The van der Waals surface area contributed by atoms with E-state index in [9.17, 15) is 0 Å². The Labute approximate surface area is 105 Å². The van der Waals surface area contributed by atoms with Crippen LogP contribution in [-0.2, 0) is 6.54 Å². The molecule has 0 unspecified atom stereocenters. The van der Waals surface area contributed by atoms with Crippen LogP contribution in [0, 0.1) is 5.92 Å². The van der Waals surface area contributed by atoms with Crippen LogP contribution in [0.5, 0.6) is 0 Å². The van der Waals surface area contributed by atoms with Crippen molar-refractivity contribution < 1.29 is 0 Å². The third-order valence-electron chi connectivity index (χ3n) is 3.65. The van der Waals surface area contributed by atoms with E-state index in [0.717, 1.165) is 12.5 Å². The Bertz CT molecular complexity index is 348. The van der Waals surface area contributed by atoms with Crippen molar-refractivity contribution in [1.82, 2.24) is 9.55 Å². The lowest BCUT2D eigenvalue weighted by molar-refractivity contribution is 0.345. The van der Waals surface area contributed by atoms with E-state index in [-0.39, 0.29) is 5.54 Å². The van der Waals surface area contributed by atoms with Gasteiger partial charge in [-0.3, -0.25) is 0 Å². The summed E-state index contributed by atoms with van der Waals surface area (Å²) < 4.78 is 2.24. The third-order valence-corrected chi connectivity index (χ3v) is 3.65. The van der Waals surface area contributed by atoms with Gasteiger partial charge in [0.1, 0.15) is 0 Å². The molecule has 0 bridgehead atoms. The smallest absolute Gasteiger partial charge is 0.203 e. The molecule has 1 aromatic rings. The Kier molecular flexibility index (Phi) is 3.75. The van der Waals surface area contributed by atoms with Gasteiger partial charge in [0.2, 0.25) is 5.95 Å². The van der Waals surface area contributed by atoms with E-state index >= 15 is 0 Å². The SMILES string of the molecule is CC(C)Cn1ccnc1NC1(C)CCCCC1. The van der Waals surface area contributed by atoms with Crippen molar-refractivity contribution in [3.8, 4) is 0 Å². The fraction of sp³-hybridized carbons (Fsp3) is 0.786. The molecule has 1 N–H and O–H groups in total. The molecular formula is C14H25N3. The first-order chi connectivity index (χ1) is 8.09. The minimum absolute atomic E-state index is 0.248. The summed E-state index contributed by atoms with van der Waals surface area (Å²) in [5, 5.41) is 3.66. The Morgan fingerprint density at radius 2 is 2.06 bits per heavy atom. The van der Waals surface area contributed by atoms with E-state index in [2.05, 4.69) is 41.8 Å². The average Bonchev–Trinajstić information content (AvgIpc) is 2.65. The first-order valence-corrected chi connectivity index (χ1v) is 6.88. The molecule has 0 aliphatic heterocycles. The molecule has 0 radical (unpaired) electrons. The summed E-state index contributed by atoms with van der Waals surface area (Å²) in [6.07, 6.45) is 10.6. The highest BCUT2D eigenvalue weighted by Gasteiger charge is 2.27. The van der Waals surface area contributed by atoms with E-state index < -0.39 is 0 Å². The van der Waals surface area contributed by atoms with Crippen LogP contribution in [-0.4, -0.2) is 15.1 Å². The van der Waals surface area contributed by atoms with Gasteiger partial charge in [0.05, 0.1) is 0 Å². The summed E-state index contributed by atoms with van der Waals surface area (Å²) in [6.45, 7) is 7.86. The average molecular weight is 235 g/mol. The Hall–Kier alpha value is -0.990. The van der Waals surface area contributed by atoms with Gasteiger partial charge in [-0.05, 0) is 25.7 Å². The third kappa shape index (κ3) is 3.24. The topological polar surface area (TPSA) is 29.9 Å². The van der Waals surface area contributed by atoms with Crippen molar-refractivity contribution in [2.24, 2.45) is 5.92 Å². The van der Waals surface area contributed by atoms with Gasteiger partial charge in [0.15, 0.2) is 0 Å². The maximum absolute atomic E-state index is 4.46. The molecule has 0 atom stereocenters. The zero-order valence-electron chi connectivity index (χ0n) is 11.4. The van der Waals surface area contributed by atoms with E-state index in [4.69, 9.17) is 0 Å². The summed E-state index contributed by atoms with van der Waals surface area (Å²) >= 11 is 0. The molecule has 0 aromatic carbocycles. The largest absolute Gasteiger partial charge is 0.351 e. The van der Waals surface area contributed by atoms with Crippen LogP contribution in [0.3, 0.4) is 0 Å². The van der Waals surface area contributed by atoms with Gasteiger partial charge in [-0.25, -0.2) is 4.98 Å². The van der Waals surface area contributed by atoms with Gasteiger partial charge in [-0.2, -0.15) is 0 Å². The summed E-state index contributed by atoms with van der Waals surface area (Å²) in [5.41, 5.74) is 0.248. The zero-order chi connectivity index (χ0) is 12.3. The van der Waals surface area contributed by atoms with E-state index in [1.807, 2.05) is 6.20 Å². The molecule has 1 aliphatic rings. The standard InChI is InChI=1S/C14H25N3/c1-12(2)11-17-10-9-15-13(17)16-14(3)7-5-4-6-8-14/h9-10,12H,4-8,11H2,1-3H3,(H,15,16). The fourth-order valence-corrected chi connectivity index (χ4v) is 2.70. The lowest BCUT2D eigenvalue weighted by Gasteiger charge is -2.35. The summed E-state index contributed by atoms with van der Waals surface area (Å²) in [7, 11) is 0. The zero-order valence-corrected chi connectivity index (χ0v) is 11.4. The van der Waals surface area contributed by atoms with Crippen LogP contribution in [0.15, 0.2) is 12.4 Å². The van der Waals surface area contributed by atoms with Crippen molar-refractivity contribution in [2.75, 3.05) is 5.32 Å². The molecule has 96 valence electrons. The highest BCUT2D eigenvalue weighted by molar-refractivity contribution is 5.30. The number of rotatable bonds is 4. The van der Waals surface area contributed by atoms with Crippen LogP contribution < -0.4 is 5.32 Å². The number of hydrogen-bond acceptors (Lipinski definition) is 2. The van der Waals surface area contributed by atoms with Gasteiger partial charge in [0, 0.05) is 24.5 Å². The van der Waals surface area contributed by atoms with E-state index in [0.29, 0.717) is 5.92 Å². The van der Waals surface area contributed by atoms with Gasteiger partial charge >= 0.3 is 0 Å². The van der Waals surface area contributed by atoms with Crippen molar-refractivity contribution >= 4 is 5.95 Å². The molecule has 1 aliphatic carbocycles. The minimum atomic E-state index is 0.248. The summed E-state index contributed by atoms with van der Waals surface area (Å²) in [4.78, 5) is 4.46. The molecule has 1 fully saturated rings. The molecule has 1 heterocycles. The summed E-state index contributed by atoms with van der Waals surface area (Å²) in [5.74, 6) is 1.70. The van der Waals surface area contributed by atoms with E-state index in [1.165, 1.54) is 32.1 Å². The molecule has 1 aromatic heterocycles. The number of imidazole rings is 1. The summed E-state index contributed by atoms with van der Waals surface area (Å²) in [6, 6.07) is 0. The lowest BCUT2D eigenvalue weighted by atomic mass is 9.83. The Morgan fingerprint density at radius 1 is 1.35 bits per heavy atom. The maximum atomic E-state index is 4.46. The number of aromatic nitrogens is 2. The van der Waals surface area contributed by atoms with Gasteiger partial charge in [-0.15, -0.1) is 0 Å². The van der Waals surface area contributed by atoms with Crippen LogP contribution in [0.4, 0.5) is 5.95 Å². The predicted octanol–water partition coefficient (Wildman–Crippen LogP) is 3.67. The number of hydrogen-bond donors (Lipinski definition) is 1. The molecule has 17 heavy (non-hydrogen) atoms. The molecule has 1 saturated carbocycles. The monoisotopic (exact) mass is 235 g/mol. The lowest BCUT2D eigenvalue weighted by Crippen LogP contribution is -2.37. The second-order valence-corrected chi connectivity index (χ2v) is 6.04. The first-order valence-electron chi connectivity index (χ1n) is 6.88. The first kappa shape index (κ1) is 12.5. The van der Waals surface area contributed by atoms with Crippen molar-refractivity contribution in [2.45, 2.75) is 65.0 Å². The Balaban J connectivity index is 2.04. The van der Waals surface area contributed by atoms with Crippen molar-refractivity contribution in [1.29, 1.82) is 0 Å². The van der Waals surface area contributed by atoms with Gasteiger partial charge in [0.25, 0.3) is 0 Å². The fourth-order valence-electron chi connectivity index (χ4n) is 2.70. The van der Waals surface area contributed by atoms with Crippen LogP contribution in [0.1, 0.15) is 52.9 Å². The van der Waals surface area contributed by atoms with Crippen LogP contribution in [0.2, 0.25) is 0 Å². The molecule has 2 rings (SSSR count). The number of nitrogens with one attached hydrogen (secondary N) is 1. The second-order valence-electron chi connectivity index (χ2n) is 6.04. The quantitative estimate of drug-likeness (QED) is 0.863. The minimum Gasteiger partial charge on any atom is -0.351 e. The molecule has 3 nitrogen and oxygen atoms in total. The van der Waals surface area contributed by atoms with Crippen molar-refractivity contribution in [3.05, 3.63) is 12.4 Å². The van der Waals surface area contributed by atoms with Crippen LogP contribution >= 0.6 is 0 Å². The molecule has 0 amide bonds. The molecule has 3 heteroatoms. The van der Waals surface area contributed by atoms with E-state index in [1.54, 1.807) is 0 Å². The second kappa shape index (κ2) is 5.11. The highest BCUT2D eigenvalue weighted by Crippen LogP contribution is 2.30. The van der Waals surface area contributed by atoms with Crippen molar-refractivity contribution in [3.63, 3.8) is 0 Å². The Morgan fingerprint density at radius 3 is 2.71 bits per heavy atom.